The van der Waals surface area contributed by atoms with E-state index in [1.807, 2.05) is 29.8 Å². The van der Waals surface area contributed by atoms with E-state index in [-0.39, 0.29) is 12.1 Å². The predicted octanol–water partition coefficient (Wildman–Crippen LogP) is 4.78. The van der Waals surface area contributed by atoms with E-state index in [0.717, 1.165) is 28.4 Å². The van der Waals surface area contributed by atoms with Gasteiger partial charge in [-0.25, -0.2) is 0 Å². The molecule has 1 heterocycles. The SMILES string of the molecule is CCNC(c1cccc(C)c1Cl)c1c(Cl)cnn1C(C)C. The van der Waals surface area contributed by atoms with Gasteiger partial charge in [-0.3, -0.25) is 4.68 Å². The molecule has 0 amide bonds. The Hall–Kier alpha value is -1.03. The van der Waals surface area contributed by atoms with Crippen LogP contribution in [0.5, 0.6) is 0 Å². The third kappa shape index (κ3) is 3.25. The van der Waals surface area contributed by atoms with E-state index in [1.165, 1.54) is 0 Å². The van der Waals surface area contributed by atoms with Crippen LogP contribution in [0.15, 0.2) is 24.4 Å². The van der Waals surface area contributed by atoms with Gasteiger partial charge in [0, 0.05) is 11.1 Å². The van der Waals surface area contributed by atoms with Crippen molar-refractivity contribution in [3.8, 4) is 0 Å². The van der Waals surface area contributed by atoms with Gasteiger partial charge in [-0.2, -0.15) is 5.10 Å². The zero-order valence-corrected chi connectivity index (χ0v) is 14.3. The van der Waals surface area contributed by atoms with Gasteiger partial charge in [0.2, 0.25) is 0 Å². The van der Waals surface area contributed by atoms with Gasteiger partial charge in [-0.15, -0.1) is 0 Å². The molecule has 2 rings (SSSR count). The molecule has 3 nitrogen and oxygen atoms in total. The summed E-state index contributed by atoms with van der Waals surface area (Å²) in [6, 6.07) is 6.23. The lowest BCUT2D eigenvalue weighted by atomic mass is 10.0. The van der Waals surface area contributed by atoms with E-state index in [4.69, 9.17) is 23.2 Å². The van der Waals surface area contributed by atoms with Crippen molar-refractivity contribution in [3.05, 3.63) is 51.3 Å². The summed E-state index contributed by atoms with van der Waals surface area (Å²) in [7, 11) is 0. The number of halogens is 2. The Kier molecular flexibility index (Phi) is 5.31. The van der Waals surface area contributed by atoms with E-state index < -0.39 is 0 Å². The minimum Gasteiger partial charge on any atom is -0.305 e. The van der Waals surface area contributed by atoms with Gasteiger partial charge in [0.25, 0.3) is 0 Å². The lowest BCUT2D eigenvalue weighted by Gasteiger charge is -2.23. The lowest BCUT2D eigenvalue weighted by molar-refractivity contribution is 0.476. The largest absolute Gasteiger partial charge is 0.305 e. The Morgan fingerprint density at radius 2 is 2.00 bits per heavy atom. The molecule has 0 aliphatic carbocycles. The molecular weight excluding hydrogens is 305 g/mol. The van der Waals surface area contributed by atoms with Crippen molar-refractivity contribution in [3.63, 3.8) is 0 Å². The second-order valence-electron chi connectivity index (χ2n) is 5.38. The van der Waals surface area contributed by atoms with Crippen LogP contribution in [0.2, 0.25) is 10.0 Å². The molecule has 0 saturated carbocycles. The number of nitrogens with one attached hydrogen (secondary N) is 1. The summed E-state index contributed by atoms with van der Waals surface area (Å²) < 4.78 is 1.95. The molecule has 0 saturated heterocycles. The van der Waals surface area contributed by atoms with Crippen LogP contribution in [0.4, 0.5) is 0 Å². The number of aromatic nitrogens is 2. The molecule has 1 aromatic carbocycles. The fourth-order valence-corrected chi connectivity index (χ4v) is 2.96. The van der Waals surface area contributed by atoms with E-state index in [9.17, 15) is 0 Å². The Balaban J connectivity index is 2.59. The van der Waals surface area contributed by atoms with Crippen molar-refractivity contribution in [1.29, 1.82) is 0 Å². The topological polar surface area (TPSA) is 29.9 Å². The minimum atomic E-state index is -0.0696. The first kappa shape index (κ1) is 16.3. The van der Waals surface area contributed by atoms with Gasteiger partial charge >= 0.3 is 0 Å². The molecule has 21 heavy (non-hydrogen) atoms. The monoisotopic (exact) mass is 325 g/mol. The highest BCUT2D eigenvalue weighted by Crippen LogP contribution is 2.34. The van der Waals surface area contributed by atoms with E-state index >= 15 is 0 Å². The third-order valence-electron chi connectivity index (χ3n) is 3.49. The molecule has 2 aromatic rings. The minimum absolute atomic E-state index is 0.0696. The van der Waals surface area contributed by atoms with E-state index in [0.29, 0.717) is 5.02 Å². The van der Waals surface area contributed by atoms with Crippen LogP contribution in [0.3, 0.4) is 0 Å². The highest BCUT2D eigenvalue weighted by molar-refractivity contribution is 6.32. The first-order valence-corrected chi connectivity index (χ1v) is 7.94. The van der Waals surface area contributed by atoms with Crippen LogP contribution in [0.25, 0.3) is 0 Å². The molecule has 0 radical (unpaired) electrons. The summed E-state index contributed by atoms with van der Waals surface area (Å²) in [6.07, 6.45) is 1.70. The van der Waals surface area contributed by atoms with Crippen molar-refractivity contribution < 1.29 is 0 Å². The molecule has 0 aliphatic rings. The number of benzene rings is 1. The van der Waals surface area contributed by atoms with Crippen molar-refractivity contribution in [2.75, 3.05) is 6.54 Å². The quantitative estimate of drug-likeness (QED) is 0.857. The molecule has 1 aromatic heterocycles. The molecule has 1 atom stereocenters. The number of rotatable bonds is 5. The van der Waals surface area contributed by atoms with Crippen molar-refractivity contribution in [2.45, 2.75) is 39.8 Å². The number of nitrogens with zero attached hydrogens (tertiary/aromatic N) is 2. The molecule has 5 heteroatoms. The Morgan fingerprint density at radius 3 is 2.62 bits per heavy atom. The number of hydrogen-bond donors (Lipinski definition) is 1. The fourth-order valence-electron chi connectivity index (χ4n) is 2.48. The molecular formula is C16H21Cl2N3. The van der Waals surface area contributed by atoms with Crippen LogP contribution in [0, 0.1) is 6.92 Å². The molecule has 114 valence electrons. The van der Waals surface area contributed by atoms with Gasteiger partial charge in [0.05, 0.1) is 23.0 Å². The Bertz CT molecular complexity index is 620. The van der Waals surface area contributed by atoms with Crippen molar-refractivity contribution in [1.82, 2.24) is 15.1 Å². The van der Waals surface area contributed by atoms with Gasteiger partial charge in [-0.1, -0.05) is 48.3 Å². The van der Waals surface area contributed by atoms with Crippen molar-refractivity contribution >= 4 is 23.2 Å². The van der Waals surface area contributed by atoms with Gasteiger partial charge in [0.15, 0.2) is 0 Å². The maximum Gasteiger partial charge on any atom is 0.0837 e. The lowest BCUT2D eigenvalue weighted by Crippen LogP contribution is -2.26. The van der Waals surface area contributed by atoms with E-state index in [1.54, 1.807) is 6.20 Å². The molecule has 1 unspecified atom stereocenters. The predicted molar refractivity (Wildman–Crippen MR) is 89.3 cm³/mol. The standard InChI is InChI=1S/C16H21Cl2N3/c1-5-19-15(12-8-6-7-11(4)14(12)18)16-13(17)9-20-21(16)10(2)3/h6-10,15,19H,5H2,1-4H3. The first-order valence-electron chi connectivity index (χ1n) is 7.18. The molecule has 0 aliphatic heterocycles. The van der Waals surface area contributed by atoms with Crippen LogP contribution in [-0.4, -0.2) is 16.3 Å². The Labute approximate surface area is 136 Å². The van der Waals surface area contributed by atoms with Gasteiger partial charge in [0.1, 0.15) is 0 Å². The fraction of sp³-hybridized carbons (Fsp3) is 0.438. The molecule has 0 fully saturated rings. The van der Waals surface area contributed by atoms with Crippen LogP contribution < -0.4 is 5.32 Å². The second-order valence-corrected chi connectivity index (χ2v) is 6.17. The summed E-state index contributed by atoms with van der Waals surface area (Å²) in [5.74, 6) is 0. The van der Waals surface area contributed by atoms with E-state index in [2.05, 4.69) is 31.2 Å². The maximum absolute atomic E-state index is 6.51. The smallest absolute Gasteiger partial charge is 0.0837 e. The zero-order valence-electron chi connectivity index (χ0n) is 12.8. The van der Waals surface area contributed by atoms with Crippen LogP contribution in [0.1, 0.15) is 49.7 Å². The normalized spacial score (nSPS) is 12.9. The second kappa shape index (κ2) is 6.82. The average molecular weight is 326 g/mol. The summed E-state index contributed by atoms with van der Waals surface area (Å²) >= 11 is 12.9. The number of aryl methyl sites for hydroxylation is 1. The maximum atomic E-state index is 6.51. The zero-order chi connectivity index (χ0) is 15.6. The summed E-state index contributed by atoms with van der Waals surface area (Å²) in [6.45, 7) is 9.08. The number of hydrogen-bond acceptors (Lipinski definition) is 2. The third-order valence-corrected chi connectivity index (χ3v) is 4.30. The van der Waals surface area contributed by atoms with Crippen LogP contribution in [-0.2, 0) is 0 Å². The highest BCUT2D eigenvalue weighted by atomic mass is 35.5. The van der Waals surface area contributed by atoms with Crippen molar-refractivity contribution in [2.24, 2.45) is 0 Å². The molecule has 0 spiro atoms. The summed E-state index contributed by atoms with van der Waals surface area (Å²) in [5, 5.41) is 9.31. The van der Waals surface area contributed by atoms with Gasteiger partial charge < -0.3 is 5.32 Å². The van der Waals surface area contributed by atoms with Crippen LogP contribution >= 0.6 is 23.2 Å². The van der Waals surface area contributed by atoms with Gasteiger partial charge in [-0.05, 0) is 38.4 Å². The molecule has 1 N–H and O–H groups in total. The summed E-state index contributed by atoms with van der Waals surface area (Å²) in [5.41, 5.74) is 3.05. The Morgan fingerprint density at radius 1 is 1.29 bits per heavy atom. The average Bonchev–Trinajstić information content (AvgIpc) is 2.82. The molecule has 0 bridgehead atoms. The summed E-state index contributed by atoms with van der Waals surface area (Å²) in [4.78, 5) is 0. The first-order chi connectivity index (χ1) is 9.97. The highest BCUT2D eigenvalue weighted by Gasteiger charge is 2.24.